The van der Waals surface area contributed by atoms with Gasteiger partial charge in [-0.25, -0.2) is 4.79 Å². The van der Waals surface area contributed by atoms with Crippen molar-refractivity contribution in [2.24, 2.45) is 0 Å². The van der Waals surface area contributed by atoms with Gasteiger partial charge in [0.2, 0.25) is 0 Å². The smallest absolute Gasteiger partial charge is 0.320 e. The largest absolute Gasteiger partial charge is 0.331 e. The highest BCUT2D eigenvalue weighted by atomic mass is 16.2. The fourth-order valence-electron chi connectivity index (χ4n) is 1.69. The van der Waals surface area contributed by atoms with Crippen LogP contribution in [0.15, 0.2) is 0 Å². The van der Waals surface area contributed by atoms with Crippen LogP contribution in [0.3, 0.4) is 0 Å². The van der Waals surface area contributed by atoms with Gasteiger partial charge < -0.3 is 9.80 Å². The van der Waals surface area contributed by atoms with E-state index in [9.17, 15) is 4.79 Å². The number of hydrogen-bond acceptors (Lipinski definition) is 2. The summed E-state index contributed by atoms with van der Waals surface area (Å²) in [6.07, 6.45) is 1.08. The topological polar surface area (TPSA) is 26.8 Å². The molecule has 0 aromatic carbocycles. The Morgan fingerprint density at radius 3 is 2.43 bits per heavy atom. The maximum absolute atomic E-state index is 11.7. The maximum atomic E-state index is 11.7. The standard InChI is InChI=1S/C10H21N3O/c1-9(2)12-6-5-7-13(8-12)10(14)11(3)4/h9H,5-8H2,1-4H3. The van der Waals surface area contributed by atoms with E-state index in [2.05, 4.69) is 18.7 Å². The Morgan fingerprint density at radius 1 is 1.29 bits per heavy atom. The maximum Gasteiger partial charge on any atom is 0.320 e. The van der Waals surface area contributed by atoms with Crippen LogP contribution in [-0.2, 0) is 0 Å². The zero-order valence-electron chi connectivity index (χ0n) is 9.66. The van der Waals surface area contributed by atoms with Crippen LogP contribution in [0, 0.1) is 0 Å². The minimum atomic E-state index is 0.121. The van der Waals surface area contributed by atoms with Crippen LogP contribution < -0.4 is 0 Å². The number of hydrogen-bond donors (Lipinski definition) is 0. The molecule has 1 aliphatic rings. The molecule has 0 aromatic heterocycles. The predicted molar refractivity (Wildman–Crippen MR) is 57.1 cm³/mol. The third-order valence-corrected chi connectivity index (χ3v) is 2.61. The van der Waals surface area contributed by atoms with Crippen LogP contribution in [0.4, 0.5) is 4.79 Å². The van der Waals surface area contributed by atoms with E-state index >= 15 is 0 Å². The summed E-state index contributed by atoms with van der Waals surface area (Å²) < 4.78 is 0. The minimum absolute atomic E-state index is 0.121. The van der Waals surface area contributed by atoms with Crippen molar-refractivity contribution in [2.45, 2.75) is 26.3 Å². The number of amides is 2. The van der Waals surface area contributed by atoms with Crippen LogP contribution in [0.1, 0.15) is 20.3 Å². The average molecular weight is 199 g/mol. The van der Waals surface area contributed by atoms with Gasteiger partial charge in [0.05, 0.1) is 6.67 Å². The summed E-state index contributed by atoms with van der Waals surface area (Å²) in [7, 11) is 3.60. The lowest BCUT2D eigenvalue weighted by atomic mass is 10.2. The van der Waals surface area contributed by atoms with E-state index in [1.165, 1.54) is 0 Å². The highest BCUT2D eigenvalue weighted by Crippen LogP contribution is 2.10. The van der Waals surface area contributed by atoms with Crippen LogP contribution in [0.2, 0.25) is 0 Å². The second-order valence-electron chi connectivity index (χ2n) is 4.34. The van der Waals surface area contributed by atoms with Gasteiger partial charge in [-0.05, 0) is 20.3 Å². The molecule has 0 saturated carbocycles. The molecule has 1 fully saturated rings. The molecule has 1 saturated heterocycles. The van der Waals surface area contributed by atoms with Gasteiger partial charge in [0.15, 0.2) is 0 Å². The molecule has 0 aromatic rings. The van der Waals surface area contributed by atoms with Crippen molar-refractivity contribution in [1.82, 2.24) is 14.7 Å². The van der Waals surface area contributed by atoms with Crippen molar-refractivity contribution in [3.8, 4) is 0 Å². The van der Waals surface area contributed by atoms with Crippen molar-refractivity contribution in [3.63, 3.8) is 0 Å². The van der Waals surface area contributed by atoms with Gasteiger partial charge in [-0.15, -0.1) is 0 Å². The van der Waals surface area contributed by atoms with Crippen LogP contribution in [0.5, 0.6) is 0 Å². The van der Waals surface area contributed by atoms with E-state index in [4.69, 9.17) is 0 Å². The Balaban J connectivity index is 2.51. The van der Waals surface area contributed by atoms with Crippen molar-refractivity contribution >= 4 is 6.03 Å². The summed E-state index contributed by atoms with van der Waals surface area (Å²) in [6.45, 7) is 7.11. The average Bonchev–Trinajstić information content (AvgIpc) is 2.16. The molecule has 0 radical (unpaired) electrons. The molecule has 14 heavy (non-hydrogen) atoms. The predicted octanol–water partition coefficient (Wildman–Crippen LogP) is 1.04. The third-order valence-electron chi connectivity index (χ3n) is 2.61. The van der Waals surface area contributed by atoms with Crippen LogP contribution in [-0.4, -0.2) is 60.6 Å². The Labute approximate surface area is 86.5 Å². The van der Waals surface area contributed by atoms with Gasteiger partial charge in [-0.3, -0.25) is 4.90 Å². The summed E-state index contributed by atoms with van der Waals surface area (Å²) in [6, 6.07) is 0.642. The molecule has 0 spiro atoms. The molecule has 0 atom stereocenters. The van der Waals surface area contributed by atoms with Gasteiger partial charge in [-0.1, -0.05) is 0 Å². The molecule has 4 nitrogen and oxygen atoms in total. The van der Waals surface area contributed by atoms with E-state index in [1.807, 2.05) is 4.90 Å². The molecule has 0 bridgehead atoms. The molecule has 1 aliphatic heterocycles. The van der Waals surface area contributed by atoms with Crippen LogP contribution >= 0.6 is 0 Å². The van der Waals surface area contributed by atoms with Crippen molar-refractivity contribution < 1.29 is 4.79 Å². The van der Waals surface area contributed by atoms with E-state index in [0.29, 0.717) is 6.04 Å². The van der Waals surface area contributed by atoms with E-state index < -0.39 is 0 Å². The zero-order valence-corrected chi connectivity index (χ0v) is 9.66. The van der Waals surface area contributed by atoms with Crippen LogP contribution in [0.25, 0.3) is 0 Å². The van der Waals surface area contributed by atoms with Gasteiger partial charge >= 0.3 is 6.03 Å². The molecule has 1 rings (SSSR count). The first kappa shape index (κ1) is 11.3. The lowest BCUT2D eigenvalue weighted by molar-refractivity contribution is 0.0717. The Hall–Kier alpha value is -0.770. The summed E-state index contributed by atoms with van der Waals surface area (Å²) in [5.74, 6) is 0. The first-order valence-corrected chi connectivity index (χ1v) is 5.22. The summed E-state index contributed by atoms with van der Waals surface area (Å²) in [5.41, 5.74) is 0. The number of carbonyl (C=O) groups is 1. The quantitative estimate of drug-likeness (QED) is 0.631. The molecular weight excluding hydrogens is 178 g/mol. The molecule has 82 valence electrons. The normalized spacial score (nSPS) is 18.8. The number of nitrogens with zero attached hydrogens (tertiary/aromatic N) is 3. The second-order valence-corrected chi connectivity index (χ2v) is 4.34. The number of urea groups is 1. The molecule has 0 unspecified atom stereocenters. The molecule has 4 heteroatoms. The molecule has 2 amide bonds. The first-order chi connectivity index (χ1) is 6.52. The van der Waals surface area contributed by atoms with Crippen molar-refractivity contribution in [1.29, 1.82) is 0 Å². The molecule has 1 heterocycles. The highest BCUT2D eigenvalue weighted by Gasteiger charge is 2.23. The first-order valence-electron chi connectivity index (χ1n) is 5.22. The fourth-order valence-corrected chi connectivity index (χ4v) is 1.69. The number of rotatable bonds is 1. The zero-order chi connectivity index (χ0) is 10.7. The van der Waals surface area contributed by atoms with E-state index in [0.717, 1.165) is 26.2 Å². The van der Waals surface area contributed by atoms with Gasteiger partial charge in [0, 0.05) is 33.2 Å². The lowest BCUT2D eigenvalue weighted by Gasteiger charge is -2.38. The summed E-state index contributed by atoms with van der Waals surface area (Å²) in [5, 5.41) is 0. The Morgan fingerprint density at radius 2 is 1.93 bits per heavy atom. The number of carbonyl (C=O) groups excluding carboxylic acids is 1. The van der Waals surface area contributed by atoms with Gasteiger partial charge in [0.1, 0.15) is 0 Å². The van der Waals surface area contributed by atoms with Crippen molar-refractivity contribution in [3.05, 3.63) is 0 Å². The SMILES string of the molecule is CC(C)N1CCCN(C(=O)N(C)C)C1. The lowest BCUT2D eigenvalue weighted by Crippen LogP contribution is -2.52. The Kier molecular flexibility index (Phi) is 3.75. The monoisotopic (exact) mass is 199 g/mol. The van der Waals surface area contributed by atoms with E-state index in [1.54, 1.807) is 19.0 Å². The molecule has 0 aliphatic carbocycles. The summed E-state index contributed by atoms with van der Waals surface area (Å²) >= 11 is 0. The third kappa shape index (κ3) is 2.61. The van der Waals surface area contributed by atoms with Crippen molar-refractivity contribution in [2.75, 3.05) is 33.9 Å². The minimum Gasteiger partial charge on any atom is -0.331 e. The van der Waals surface area contributed by atoms with Gasteiger partial charge in [-0.2, -0.15) is 0 Å². The molecular formula is C10H21N3O. The second kappa shape index (κ2) is 4.64. The fraction of sp³-hybridized carbons (Fsp3) is 0.900. The summed E-state index contributed by atoms with van der Waals surface area (Å²) in [4.78, 5) is 17.6. The Bertz CT molecular complexity index is 204. The van der Waals surface area contributed by atoms with E-state index in [-0.39, 0.29) is 6.03 Å². The molecule has 0 N–H and O–H groups in total. The van der Waals surface area contributed by atoms with Gasteiger partial charge in [0.25, 0.3) is 0 Å². The highest BCUT2D eigenvalue weighted by molar-refractivity contribution is 5.73.